The van der Waals surface area contributed by atoms with Gasteiger partial charge in [-0.15, -0.1) is 5.11 Å². The van der Waals surface area contributed by atoms with E-state index >= 15 is 0 Å². The molecule has 0 saturated heterocycles. The monoisotopic (exact) mass is 316 g/mol. The molecule has 0 aliphatic rings. The van der Waals surface area contributed by atoms with Gasteiger partial charge in [-0.2, -0.15) is 5.11 Å². The Hall–Kier alpha value is -3.47. The highest BCUT2D eigenvalue weighted by Crippen LogP contribution is 2.36. The van der Waals surface area contributed by atoms with Gasteiger partial charge in [-0.05, 0) is 35.7 Å². The Morgan fingerprint density at radius 2 is 1.67 bits per heavy atom. The van der Waals surface area contributed by atoms with Gasteiger partial charge in [-0.25, -0.2) is 4.79 Å². The molecule has 116 valence electrons. The summed E-state index contributed by atoms with van der Waals surface area (Å²) < 4.78 is 5.09. The third-order valence-corrected chi connectivity index (χ3v) is 3.75. The molecule has 0 spiro atoms. The number of azo groups is 1. The molecule has 1 aromatic heterocycles. The molecule has 0 amide bonds. The largest absolute Gasteiger partial charge is 0.506 e. The molecule has 4 aromatic rings. The van der Waals surface area contributed by atoms with E-state index in [9.17, 15) is 9.90 Å². The van der Waals surface area contributed by atoms with Gasteiger partial charge in [0.05, 0.1) is 5.69 Å². The molecule has 1 heterocycles. The molecule has 0 aliphatic carbocycles. The summed E-state index contributed by atoms with van der Waals surface area (Å²) in [5.74, 6) is 0.0734. The van der Waals surface area contributed by atoms with Crippen LogP contribution >= 0.6 is 0 Å². The van der Waals surface area contributed by atoms with Crippen LogP contribution in [0.4, 0.5) is 11.4 Å². The van der Waals surface area contributed by atoms with E-state index in [1.165, 1.54) is 6.07 Å². The van der Waals surface area contributed by atoms with Gasteiger partial charge in [0.15, 0.2) is 0 Å². The second-order valence-corrected chi connectivity index (χ2v) is 5.33. The van der Waals surface area contributed by atoms with Crippen molar-refractivity contribution in [3.8, 4) is 5.75 Å². The van der Waals surface area contributed by atoms with Gasteiger partial charge in [-0.1, -0.05) is 30.3 Å². The van der Waals surface area contributed by atoms with E-state index in [0.717, 1.165) is 16.2 Å². The number of rotatable bonds is 2. The quantitative estimate of drug-likeness (QED) is 0.414. The topological polar surface area (TPSA) is 75.2 Å². The van der Waals surface area contributed by atoms with Crippen LogP contribution in [0.1, 0.15) is 0 Å². The fourth-order valence-corrected chi connectivity index (χ4v) is 2.58. The Bertz CT molecular complexity index is 1150. The van der Waals surface area contributed by atoms with Gasteiger partial charge < -0.3 is 9.52 Å². The Morgan fingerprint density at radius 1 is 0.833 bits per heavy atom. The summed E-state index contributed by atoms with van der Waals surface area (Å²) in [4.78, 5) is 11.2. The molecule has 3 aromatic carbocycles. The Labute approximate surface area is 136 Å². The first-order valence-electron chi connectivity index (χ1n) is 7.37. The minimum absolute atomic E-state index is 0.0734. The van der Waals surface area contributed by atoms with Crippen molar-refractivity contribution in [3.63, 3.8) is 0 Å². The number of hydrogen-bond acceptors (Lipinski definition) is 5. The lowest BCUT2D eigenvalue weighted by Crippen LogP contribution is -1.93. The van der Waals surface area contributed by atoms with Crippen LogP contribution in [0.15, 0.2) is 86.2 Å². The van der Waals surface area contributed by atoms with Crippen molar-refractivity contribution in [2.45, 2.75) is 0 Å². The maximum Gasteiger partial charge on any atom is 0.336 e. The second kappa shape index (κ2) is 5.62. The van der Waals surface area contributed by atoms with E-state index in [2.05, 4.69) is 10.2 Å². The molecule has 1 N–H and O–H groups in total. The van der Waals surface area contributed by atoms with Crippen LogP contribution < -0.4 is 5.63 Å². The molecular weight excluding hydrogens is 304 g/mol. The smallest absolute Gasteiger partial charge is 0.336 e. The Balaban J connectivity index is 1.79. The Morgan fingerprint density at radius 3 is 2.58 bits per heavy atom. The fourth-order valence-electron chi connectivity index (χ4n) is 2.58. The summed E-state index contributed by atoms with van der Waals surface area (Å²) in [5, 5.41) is 21.1. The third-order valence-electron chi connectivity index (χ3n) is 3.75. The minimum atomic E-state index is -0.391. The van der Waals surface area contributed by atoms with E-state index in [0.29, 0.717) is 17.0 Å². The number of benzene rings is 3. The molecule has 0 fully saturated rings. The summed E-state index contributed by atoms with van der Waals surface area (Å²) >= 11 is 0. The van der Waals surface area contributed by atoms with E-state index in [1.807, 2.05) is 30.3 Å². The zero-order chi connectivity index (χ0) is 16.5. The first-order valence-corrected chi connectivity index (χ1v) is 7.37. The van der Waals surface area contributed by atoms with Crippen LogP contribution in [0.5, 0.6) is 5.75 Å². The number of phenols is 1. The van der Waals surface area contributed by atoms with E-state index in [4.69, 9.17) is 4.42 Å². The summed E-state index contributed by atoms with van der Waals surface area (Å²) in [7, 11) is 0. The van der Waals surface area contributed by atoms with Crippen LogP contribution in [-0.2, 0) is 0 Å². The predicted octanol–water partition coefficient (Wildman–Crippen LogP) is 5.07. The van der Waals surface area contributed by atoms with Gasteiger partial charge in [0.2, 0.25) is 0 Å². The van der Waals surface area contributed by atoms with Crippen molar-refractivity contribution in [1.29, 1.82) is 0 Å². The van der Waals surface area contributed by atoms with Crippen molar-refractivity contribution < 1.29 is 9.52 Å². The second-order valence-electron chi connectivity index (χ2n) is 5.33. The van der Waals surface area contributed by atoms with Gasteiger partial charge in [0, 0.05) is 16.8 Å². The average molecular weight is 316 g/mol. The van der Waals surface area contributed by atoms with Crippen molar-refractivity contribution >= 4 is 33.1 Å². The molecule has 0 atom stereocenters. The average Bonchev–Trinajstić information content (AvgIpc) is 2.61. The molecule has 4 rings (SSSR count). The SMILES string of the molecule is O=c1ccc2cc(N=Nc3c(O)ccc4ccccc34)ccc2o1. The van der Waals surface area contributed by atoms with E-state index in [-0.39, 0.29) is 5.75 Å². The van der Waals surface area contributed by atoms with Crippen LogP contribution in [0.25, 0.3) is 21.7 Å². The van der Waals surface area contributed by atoms with E-state index in [1.54, 1.807) is 30.3 Å². The lowest BCUT2D eigenvalue weighted by molar-refractivity contribution is 0.477. The predicted molar refractivity (Wildman–Crippen MR) is 92.3 cm³/mol. The molecule has 0 bridgehead atoms. The van der Waals surface area contributed by atoms with Crippen LogP contribution in [-0.4, -0.2) is 5.11 Å². The number of hydrogen-bond donors (Lipinski definition) is 1. The highest BCUT2D eigenvalue weighted by molar-refractivity contribution is 5.95. The van der Waals surface area contributed by atoms with Crippen LogP contribution in [0, 0.1) is 0 Å². The molecule has 0 aliphatic heterocycles. The standard InChI is InChI=1S/C19H12N2O3/c22-16-8-5-12-3-1-2-4-15(12)19(16)21-20-14-7-9-17-13(11-14)6-10-18(23)24-17/h1-11,22H. The zero-order valence-electron chi connectivity index (χ0n) is 12.5. The first kappa shape index (κ1) is 14.1. The summed E-state index contributed by atoms with van der Waals surface area (Å²) in [6, 6.07) is 19.3. The normalized spacial score (nSPS) is 11.5. The van der Waals surface area contributed by atoms with Gasteiger partial charge in [0.1, 0.15) is 17.0 Å². The van der Waals surface area contributed by atoms with Crippen LogP contribution in [0.3, 0.4) is 0 Å². The number of aromatic hydroxyl groups is 1. The molecule has 5 heteroatoms. The van der Waals surface area contributed by atoms with Gasteiger partial charge in [0.25, 0.3) is 0 Å². The van der Waals surface area contributed by atoms with Crippen molar-refractivity contribution in [2.24, 2.45) is 10.2 Å². The third kappa shape index (κ3) is 2.52. The maximum absolute atomic E-state index is 11.2. The highest BCUT2D eigenvalue weighted by atomic mass is 16.4. The maximum atomic E-state index is 11.2. The molecule has 24 heavy (non-hydrogen) atoms. The lowest BCUT2D eigenvalue weighted by atomic mass is 10.1. The molecular formula is C19H12N2O3. The molecule has 0 saturated carbocycles. The number of phenolic OH excluding ortho intramolecular Hbond substituents is 1. The number of nitrogens with zero attached hydrogens (tertiary/aromatic N) is 2. The zero-order valence-corrected chi connectivity index (χ0v) is 12.5. The lowest BCUT2D eigenvalue weighted by Gasteiger charge is -2.03. The summed E-state index contributed by atoms with van der Waals surface area (Å²) in [5.41, 5.74) is 1.13. The highest BCUT2D eigenvalue weighted by Gasteiger charge is 2.06. The molecule has 0 unspecified atom stereocenters. The number of fused-ring (bicyclic) bond motifs is 2. The van der Waals surface area contributed by atoms with Gasteiger partial charge >= 0.3 is 5.63 Å². The fraction of sp³-hybridized carbons (Fsp3) is 0. The van der Waals surface area contributed by atoms with Gasteiger partial charge in [-0.3, -0.25) is 0 Å². The summed E-state index contributed by atoms with van der Waals surface area (Å²) in [6.45, 7) is 0. The van der Waals surface area contributed by atoms with Crippen molar-refractivity contribution in [3.05, 3.63) is 77.2 Å². The first-order chi connectivity index (χ1) is 11.7. The minimum Gasteiger partial charge on any atom is -0.506 e. The Kier molecular flexibility index (Phi) is 3.31. The molecule has 0 radical (unpaired) electrons. The van der Waals surface area contributed by atoms with E-state index < -0.39 is 5.63 Å². The van der Waals surface area contributed by atoms with Crippen molar-refractivity contribution in [1.82, 2.24) is 0 Å². The van der Waals surface area contributed by atoms with Crippen LogP contribution in [0.2, 0.25) is 0 Å². The molecule has 5 nitrogen and oxygen atoms in total. The van der Waals surface area contributed by atoms with Crippen molar-refractivity contribution in [2.75, 3.05) is 0 Å². The summed E-state index contributed by atoms with van der Waals surface area (Å²) in [6.07, 6.45) is 0.